The van der Waals surface area contributed by atoms with Crippen molar-refractivity contribution in [3.63, 3.8) is 0 Å². The Morgan fingerprint density at radius 3 is 2.48 bits per heavy atom. The molecule has 0 atom stereocenters. The second kappa shape index (κ2) is 6.71. The van der Waals surface area contributed by atoms with Crippen LogP contribution in [0, 0.1) is 20.8 Å². The van der Waals surface area contributed by atoms with Crippen molar-refractivity contribution in [3.05, 3.63) is 52.1 Å². The van der Waals surface area contributed by atoms with Crippen LogP contribution in [-0.4, -0.2) is 15.5 Å². The Bertz CT molecular complexity index is 917. The van der Waals surface area contributed by atoms with E-state index in [1.54, 1.807) is 13.2 Å². The lowest BCUT2D eigenvalue weighted by Gasteiger charge is -2.21. The van der Waals surface area contributed by atoms with Crippen molar-refractivity contribution >= 4 is 15.7 Å². The average molecular weight is 359 g/mol. The van der Waals surface area contributed by atoms with Crippen molar-refractivity contribution in [2.75, 3.05) is 11.8 Å². The number of aryl methyl sites for hydroxylation is 2. The fraction of sp³-hybridized carbons (Fsp3) is 0.400. The van der Waals surface area contributed by atoms with Gasteiger partial charge in [-0.15, -0.1) is 0 Å². The Morgan fingerprint density at radius 1 is 1.04 bits per heavy atom. The maximum Gasteiger partial charge on any atom is 0.262 e. The SMILES string of the molecule is COc1cc(C)c(S(=O)(=O)Nc2cccc3c2CCCC3)c(C)c1C. The van der Waals surface area contributed by atoms with Crippen LogP contribution >= 0.6 is 0 Å². The largest absolute Gasteiger partial charge is 0.496 e. The van der Waals surface area contributed by atoms with Crippen LogP contribution in [0.2, 0.25) is 0 Å². The summed E-state index contributed by atoms with van der Waals surface area (Å²) in [4.78, 5) is 0.346. The molecule has 0 amide bonds. The van der Waals surface area contributed by atoms with Crippen LogP contribution in [0.3, 0.4) is 0 Å². The fourth-order valence-electron chi connectivity index (χ4n) is 3.72. The minimum Gasteiger partial charge on any atom is -0.496 e. The van der Waals surface area contributed by atoms with Crippen molar-refractivity contribution in [1.29, 1.82) is 0 Å². The van der Waals surface area contributed by atoms with E-state index in [0.29, 0.717) is 21.9 Å². The summed E-state index contributed by atoms with van der Waals surface area (Å²) in [5, 5.41) is 0. The second-order valence-corrected chi connectivity index (χ2v) is 8.35. The highest BCUT2D eigenvalue weighted by Gasteiger charge is 2.24. The third kappa shape index (κ3) is 3.25. The number of rotatable bonds is 4. The summed E-state index contributed by atoms with van der Waals surface area (Å²) in [6.45, 7) is 5.53. The van der Waals surface area contributed by atoms with Gasteiger partial charge in [0.15, 0.2) is 0 Å². The van der Waals surface area contributed by atoms with Crippen LogP contribution in [0.1, 0.15) is 40.7 Å². The summed E-state index contributed by atoms with van der Waals surface area (Å²) in [6, 6.07) is 7.68. The lowest BCUT2D eigenvalue weighted by Crippen LogP contribution is -2.18. The zero-order valence-electron chi connectivity index (χ0n) is 15.3. The Morgan fingerprint density at radius 2 is 1.76 bits per heavy atom. The summed E-state index contributed by atoms with van der Waals surface area (Å²) < 4.78 is 34.5. The van der Waals surface area contributed by atoms with Gasteiger partial charge in [0.2, 0.25) is 0 Å². The van der Waals surface area contributed by atoms with Crippen LogP contribution in [-0.2, 0) is 22.9 Å². The van der Waals surface area contributed by atoms with Crippen molar-refractivity contribution in [2.45, 2.75) is 51.3 Å². The molecule has 0 saturated carbocycles. The van der Waals surface area contributed by atoms with Crippen molar-refractivity contribution in [2.24, 2.45) is 0 Å². The van der Waals surface area contributed by atoms with E-state index >= 15 is 0 Å². The standard InChI is InChI=1S/C20H25NO3S/c1-13-12-19(24-4)14(2)15(3)20(13)25(22,23)21-18-11-7-9-16-8-5-6-10-17(16)18/h7,9,11-12,21H,5-6,8,10H2,1-4H3. The van der Waals surface area contributed by atoms with Crippen LogP contribution < -0.4 is 9.46 Å². The first-order valence-electron chi connectivity index (χ1n) is 8.63. The Balaban J connectivity index is 2.06. The third-order valence-corrected chi connectivity index (χ3v) is 6.76. The second-order valence-electron chi connectivity index (χ2n) is 6.73. The van der Waals surface area contributed by atoms with E-state index < -0.39 is 10.0 Å². The summed E-state index contributed by atoms with van der Waals surface area (Å²) >= 11 is 0. The molecule has 2 aromatic carbocycles. The summed E-state index contributed by atoms with van der Waals surface area (Å²) in [5.74, 6) is 0.714. The minimum atomic E-state index is -3.66. The molecular weight excluding hydrogens is 334 g/mol. The van der Waals surface area contributed by atoms with Crippen LogP contribution in [0.5, 0.6) is 5.75 Å². The van der Waals surface area contributed by atoms with E-state index in [0.717, 1.165) is 36.0 Å². The number of methoxy groups -OCH3 is 1. The molecule has 134 valence electrons. The van der Waals surface area contributed by atoms with E-state index in [9.17, 15) is 8.42 Å². The Hall–Kier alpha value is -2.01. The quantitative estimate of drug-likeness (QED) is 0.885. The van der Waals surface area contributed by atoms with Gasteiger partial charge in [-0.05, 0) is 86.4 Å². The minimum absolute atomic E-state index is 0.346. The number of benzene rings is 2. The van der Waals surface area contributed by atoms with Gasteiger partial charge in [-0.2, -0.15) is 0 Å². The molecule has 5 heteroatoms. The summed E-state index contributed by atoms with van der Waals surface area (Å²) in [7, 11) is -2.06. The highest BCUT2D eigenvalue weighted by atomic mass is 32.2. The molecule has 0 bridgehead atoms. The van der Waals surface area contributed by atoms with Crippen LogP contribution in [0.25, 0.3) is 0 Å². The predicted octanol–water partition coefficient (Wildman–Crippen LogP) is 4.30. The normalized spacial score (nSPS) is 14.1. The maximum absolute atomic E-state index is 13.1. The molecule has 3 rings (SSSR count). The molecular formula is C20H25NO3S. The molecule has 1 aliphatic rings. The molecule has 2 aromatic rings. The van der Waals surface area contributed by atoms with Gasteiger partial charge in [-0.3, -0.25) is 4.72 Å². The molecule has 25 heavy (non-hydrogen) atoms. The van der Waals surface area contributed by atoms with Gasteiger partial charge < -0.3 is 4.74 Å². The molecule has 0 unspecified atom stereocenters. The highest BCUT2D eigenvalue weighted by molar-refractivity contribution is 7.92. The molecule has 0 heterocycles. The number of hydrogen-bond acceptors (Lipinski definition) is 3. The zero-order chi connectivity index (χ0) is 18.2. The lowest BCUT2D eigenvalue weighted by molar-refractivity contribution is 0.410. The molecule has 0 radical (unpaired) electrons. The first kappa shape index (κ1) is 17.8. The van der Waals surface area contributed by atoms with E-state index in [2.05, 4.69) is 10.8 Å². The van der Waals surface area contributed by atoms with E-state index in [4.69, 9.17) is 4.74 Å². The number of sulfonamides is 1. The van der Waals surface area contributed by atoms with Gasteiger partial charge in [-0.1, -0.05) is 12.1 Å². The predicted molar refractivity (Wildman–Crippen MR) is 101 cm³/mol. The van der Waals surface area contributed by atoms with Gasteiger partial charge in [0.25, 0.3) is 10.0 Å². The van der Waals surface area contributed by atoms with Gasteiger partial charge in [-0.25, -0.2) is 8.42 Å². The maximum atomic E-state index is 13.1. The van der Waals surface area contributed by atoms with Gasteiger partial charge >= 0.3 is 0 Å². The molecule has 1 aliphatic carbocycles. The zero-order valence-corrected chi connectivity index (χ0v) is 16.1. The van der Waals surface area contributed by atoms with Crippen molar-refractivity contribution < 1.29 is 13.2 Å². The monoisotopic (exact) mass is 359 g/mol. The Labute approximate surface area is 150 Å². The van der Waals surface area contributed by atoms with Gasteiger partial charge in [0, 0.05) is 0 Å². The van der Waals surface area contributed by atoms with E-state index in [1.165, 1.54) is 12.0 Å². The smallest absolute Gasteiger partial charge is 0.262 e. The molecule has 0 aromatic heterocycles. The average Bonchev–Trinajstić information content (AvgIpc) is 2.58. The summed E-state index contributed by atoms with van der Waals surface area (Å²) in [5.41, 5.74) is 5.38. The highest BCUT2D eigenvalue weighted by Crippen LogP contribution is 2.33. The molecule has 0 spiro atoms. The number of ether oxygens (including phenoxy) is 1. The number of hydrogen-bond donors (Lipinski definition) is 1. The van der Waals surface area contributed by atoms with E-state index in [-0.39, 0.29) is 0 Å². The number of fused-ring (bicyclic) bond motifs is 1. The van der Waals surface area contributed by atoms with E-state index in [1.807, 2.05) is 32.9 Å². The number of anilines is 1. The molecule has 0 aliphatic heterocycles. The topological polar surface area (TPSA) is 55.4 Å². The first-order chi connectivity index (χ1) is 11.8. The van der Waals surface area contributed by atoms with Gasteiger partial charge in [0.1, 0.15) is 5.75 Å². The van der Waals surface area contributed by atoms with Gasteiger partial charge in [0.05, 0.1) is 17.7 Å². The number of nitrogens with one attached hydrogen (secondary N) is 1. The van der Waals surface area contributed by atoms with Crippen LogP contribution in [0.4, 0.5) is 5.69 Å². The fourth-order valence-corrected chi connectivity index (χ4v) is 5.34. The molecule has 0 fully saturated rings. The van der Waals surface area contributed by atoms with Crippen LogP contribution in [0.15, 0.2) is 29.2 Å². The first-order valence-corrected chi connectivity index (χ1v) is 10.1. The van der Waals surface area contributed by atoms with Crippen molar-refractivity contribution in [1.82, 2.24) is 0 Å². The summed E-state index contributed by atoms with van der Waals surface area (Å²) in [6.07, 6.45) is 4.21. The Kier molecular flexibility index (Phi) is 4.78. The lowest BCUT2D eigenvalue weighted by atomic mass is 9.91. The third-order valence-electron chi connectivity index (χ3n) is 5.11. The molecule has 0 saturated heterocycles. The van der Waals surface area contributed by atoms with Crippen molar-refractivity contribution in [3.8, 4) is 5.75 Å². The molecule has 1 N–H and O–H groups in total. The molecule has 4 nitrogen and oxygen atoms in total.